The highest BCUT2D eigenvalue weighted by atomic mass is 16.4. The fourth-order valence-electron chi connectivity index (χ4n) is 1.93. The summed E-state index contributed by atoms with van der Waals surface area (Å²) in [6.45, 7) is 0. The van der Waals surface area contributed by atoms with Crippen LogP contribution in [0.3, 0.4) is 0 Å². The van der Waals surface area contributed by atoms with Crippen molar-refractivity contribution in [3.63, 3.8) is 0 Å². The molecule has 5 heteroatoms. The summed E-state index contributed by atoms with van der Waals surface area (Å²) in [5.41, 5.74) is 2.11. The first kappa shape index (κ1) is 14.7. The minimum absolute atomic E-state index is 0.395. The summed E-state index contributed by atoms with van der Waals surface area (Å²) in [6, 6.07) is 10.7. The second kappa shape index (κ2) is 6.17. The molecule has 0 aliphatic rings. The molecule has 0 aliphatic heterocycles. The molecule has 0 fully saturated rings. The summed E-state index contributed by atoms with van der Waals surface area (Å²) in [4.78, 5) is 28.6. The molecule has 1 N–H and O–H groups in total. The van der Waals surface area contributed by atoms with Gasteiger partial charge in [-0.3, -0.25) is 9.59 Å². The average Bonchev–Trinajstić information content (AvgIpc) is 2.47. The molecular formula is C16H16N2O3. The zero-order valence-corrected chi connectivity index (χ0v) is 11.9. The van der Waals surface area contributed by atoms with E-state index in [9.17, 15) is 9.59 Å². The first-order valence-electron chi connectivity index (χ1n) is 6.46. The van der Waals surface area contributed by atoms with Gasteiger partial charge in [0.05, 0.1) is 0 Å². The number of nitrogens with zero attached hydrogens (tertiary/aromatic N) is 2. The number of carbonyl (C=O) groups is 2. The zero-order valence-electron chi connectivity index (χ0n) is 11.9. The summed E-state index contributed by atoms with van der Waals surface area (Å²) < 4.78 is 0. The fraction of sp³-hybridized carbons (Fsp3) is 0.188. The van der Waals surface area contributed by atoms with Crippen molar-refractivity contribution in [3.8, 4) is 11.1 Å². The van der Waals surface area contributed by atoms with Gasteiger partial charge >= 0.3 is 5.97 Å². The van der Waals surface area contributed by atoms with E-state index in [0.717, 1.165) is 16.9 Å². The maximum Gasteiger partial charge on any atom is 0.311 e. The summed E-state index contributed by atoms with van der Waals surface area (Å²) in [6.07, 6.45) is 1.23. The number of carboxylic acid groups (broad SMARTS) is 1. The molecule has 0 spiro atoms. The number of rotatable bonds is 5. The van der Waals surface area contributed by atoms with Crippen molar-refractivity contribution >= 4 is 17.6 Å². The first-order valence-corrected chi connectivity index (χ1v) is 6.46. The Bertz CT molecular complexity index is 663. The largest absolute Gasteiger partial charge is 0.481 e. The number of carboxylic acids is 1. The monoisotopic (exact) mass is 284 g/mol. The number of benzene rings is 1. The lowest BCUT2D eigenvalue weighted by Crippen LogP contribution is -2.10. The van der Waals surface area contributed by atoms with Gasteiger partial charge in [0.25, 0.3) is 0 Å². The number of Topliss-reactive ketones (excluding diaryl/α,β-unsaturated/α-hetero) is 1. The van der Waals surface area contributed by atoms with Gasteiger partial charge in [-0.15, -0.1) is 0 Å². The van der Waals surface area contributed by atoms with Crippen molar-refractivity contribution in [2.45, 2.75) is 6.42 Å². The summed E-state index contributed by atoms with van der Waals surface area (Å²) in [7, 11) is 3.82. The van der Waals surface area contributed by atoms with Gasteiger partial charge in [0.15, 0.2) is 5.78 Å². The van der Waals surface area contributed by atoms with Gasteiger partial charge in [-0.05, 0) is 23.8 Å². The third-order valence-corrected chi connectivity index (χ3v) is 3.04. The van der Waals surface area contributed by atoms with Crippen molar-refractivity contribution in [2.75, 3.05) is 19.0 Å². The van der Waals surface area contributed by atoms with E-state index in [1.807, 2.05) is 37.2 Å². The zero-order chi connectivity index (χ0) is 15.4. The Morgan fingerprint density at radius 2 is 1.90 bits per heavy atom. The number of aromatic nitrogens is 1. The number of hydrogen-bond acceptors (Lipinski definition) is 4. The molecule has 1 aromatic heterocycles. The average molecular weight is 284 g/mol. The Morgan fingerprint density at radius 3 is 2.48 bits per heavy atom. The molecule has 0 atom stereocenters. The van der Waals surface area contributed by atoms with Crippen molar-refractivity contribution in [3.05, 3.63) is 48.2 Å². The molecule has 1 aromatic carbocycles. The standard InChI is InChI=1S/C16H16N2O3/c1-18(2)15-7-6-13(10-17-15)11-4-3-5-12(8-11)14(19)9-16(20)21/h3-8,10H,9H2,1-2H3,(H,20,21). The van der Waals surface area contributed by atoms with Crippen LogP contribution in [-0.4, -0.2) is 35.9 Å². The highest BCUT2D eigenvalue weighted by molar-refractivity contribution is 6.06. The van der Waals surface area contributed by atoms with Crippen LogP contribution >= 0.6 is 0 Å². The van der Waals surface area contributed by atoms with Gasteiger partial charge in [0.1, 0.15) is 12.2 Å². The smallest absolute Gasteiger partial charge is 0.311 e. The fourth-order valence-corrected chi connectivity index (χ4v) is 1.93. The molecule has 0 amide bonds. The van der Waals surface area contributed by atoms with Crippen molar-refractivity contribution < 1.29 is 14.7 Å². The van der Waals surface area contributed by atoms with E-state index in [2.05, 4.69) is 4.98 Å². The van der Waals surface area contributed by atoms with Gasteiger partial charge in [-0.1, -0.05) is 18.2 Å². The van der Waals surface area contributed by atoms with E-state index in [1.165, 1.54) is 0 Å². The van der Waals surface area contributed by atoms with Crippen LogP contribution in [0.1, 0.15) is 16.8 Å². The minimum atomic E-state index is -1.12. The Hall–Kier alpha value is -2.69. The number of carbonyl (C=O) groups excluding carboxylic acids is 1. The molecule has 0 radical (unpaired) electrons. The molecule has 0 unspecified atom stereocenters. The second-order valence-corrected chi connectivity index (χ2v) is 4.87. The lowest BCUT2D eigenvalue weighted by molar-refractivity contribution is -0.135. The van der Waals surface area contributed by atoms with Crippen LogP contribution in [-0.2, 0) is 4.79 Å². The maximum atomic E-state index is 11.8. The molecule has 21 heavy (non-hydrogen) atoms. The predicted octanol–water partition coefficient (Wildman–Crippen LogP) is 2.47. The van der Waals surface area contributed by atoms with Crippen LogP contribution in [0.5, 0.6) is 0 Å². The second-order valence-electron chi connectivity index (χ2n) is 4.87. The van der Waals surface area contributed by atoms with Gasteiger partial charge in [-0.25, -0.2) is 4.98 Å². The van der Waals surface area contributed by atoms with Gasteiger partial charge in [0.2, 0.25) is 0 Å². The summed E-state index contributed by atoms with van der Waals surface area (Å²) in [5.74, 6) is -0.679. The molecule has 2 rings (SSSR count). The quantitative estimate of drug-likeness (QED) is 0.674. The number of anilines is 1. The molecule has 108 valence electrons. The van der Waals surface area contributed by atoms with E-state index in [-0.39, 0.29) is 0 Å². The van der Waals surface area contributed by atoms with E-state index in [0.29, 0.717) is 5.56 Å². The van der Waals surface area contributed by atoms with E-state index in [1.54, 1.807) is 24.4 Å². The molecule has 0 aliphatic carbocycles. The van der Waals surface area contributed by atoms with E-state index < -0.39 is 18.2 Å². The lowest BCUT2D eigenvalue weighted by atomic mass is 10.0. The van der Waals surface area contributed by atoms with Crippen LogP contribution in [0, 0.1) is 0 Å². The Morgan fingerprint density at radius 1 is 1.14 bits per heavy atom. The Balaban J connectivity index is 2.28. The highest BCUT2D eigenvalue weighted by Crippen LogP contribution is 2.22. The molecule has 2 aromatic rings. The van der Waals surface area contributed by atoms with Gasteiger partial charge in [-0.2, -0.15) is 0 Å². The first-order chi connectivity index (χ1) is 9.97. The van der Waals surface area contributed by atoms with E-state index >= 15 is 0 Å². The topological polar surface area (TPSA) is 70.5 Å². The molecule has 0 saturated heterocycles. The van der Waals surface area contributed by atoms with Crippen LogP contribution < -0.4 is 4.90 Å². The molecule has 0 bridgehead atoms. The molecular weight excluding hydrogens is 268 g/mol. The van der Waals surface area contributed by atoms with E-state index in [4.69, 9.17) is 5.11 Å². The number of aliphatic carboxylic acids is 1. The predicted molar refractivity (Wildman–Crippen MR) is 80.6 cm³/mol. The number of hydrogen-bond donors (Lipinski definition) is 1. The van der Waals surface area contributed by atoms with Crippen molar-refractivity contribution in [1.29, 1.82) is 0 Å². The van der Waals surface area contributed by atoms with Crippen LogP contribution in [0.15, 0.2) is 42.6 Å². The number of pyridine rings is 1. The number of ketones is 1. The van der Waals surface area contributed by atoms with Crippen molar-refractivity contribution in [1.82, 2.24) is 4.98 Å². The third-order valence-electron chi connectivity index (χ3n) is 3.04. The molecule has 5 nitrogen and oxygen atoms in total. The lowest BCUT2D eigenvalue weighted by Gasteiger charge is -2.11. The van der Waals surface area contributed by atoms with Crippen LogP contribution in [0.4, 0.5) is 5.82 Å². The third kappa shape index (κ3) is 3.66. The van der Waals surface area contributed by atoms with Crippen molar-refractivity contribution in [2.24, 2.45) is 0 Å². The Kier molecular flexibility index (Phi) is 4.33. The van der Waals surface area contributed by atoms with Gasteiger partial charge < -0.3 is 10.0 Å². The maximum absolute atomic E-state index is 11.8. The summed E-state index contributed by atoms with van der Waals surface area (Å²) >= 11 is 0. The highest BCUT2D eigenvalue weighted by Gasteiger charge is 2.11. The SMILES string of the molecule is CN(C)c1ccc(-c2cccc(C(=O)CC(=O)O)c2)cn1. The summed E-state index contributed by atoms with van der Waals surface area (Å²) in [5, 5.41) is 8.68. The normalized spacial score (nSPS) is 10.2. The van der Waals surface area contributed by atoms with Crippen LogP contribution in [0.2, 0.25) is 0 Å². The van der Waals surface area contributed by atoms with Crippen LogP contribution in [0.25, 0.3) is 11.1 Å². The Labute approximate surface area is 122 Å². The minimum Gasteiger partial charge on any atom is -0.481 e. The molecule has 1 heterocycles. The molecule has 0 saturated carbocycles. The van der Waals surface area contributed by atoms with Gasteiger partial charge in [0, 0.05) is 31.4 Å².